The van der Waals surface area contributed by atoms with Gasteiger partial charge in [0, 0.05) is 17.4 Å². The zero-order chi connectivity index (χ0) is 16.9. The summed E-state index contributed by atoms with van der Waals surface area (Å²) < 4.78 is 28.0. The maximum absolute atomic E-state index is 14.0. The summed E-state index contributed by atoms with van der Waals surface area (Å²) in [6, 6.07) is 1.96. The number of halogens is 2. The molecule has 1 aromatic rings. The highest BCUT2D eigenvalue weighted by atomic mass is 19.1. The van der Waals surface area contributed by atoms with E-state index in [1.807, 2.05) is 6.92 Å². The molecular formula is C17H23F2NO2. The van der Waals surface area contributed by atoms with Crippen molar-refractivity contribution in [1.29, 1.82) is 0 Å². The number of unbranched alkanes of at least 4 members (excludes halogenated alkanes) is 2. The summed E-state index contributed by atoms with van der Waals surface area (Å²) >= 11 is 0. The third-order valence-corrected chi connectivity index (χ3v) is 3.29. The smallest absolute Gasteiger partial charge is 0.229 e. The van der Waals surface area contributed by atoms with Crippen LogP contribution in [-0.4, -0.2) is 11.7 Å². The Labute approximate surface area is 130 Å². The fraction of sp³-hybridized carbons (Fsp3) is 0.529. The number of amides is 1. The van der Waals surface area contributed by atoms with E-state index in [0.29, 0.717) is 6.42 Å². The normalized spacial score (nSPS) is 11.4. The second kappa shape index (κ2) is 7.47. The number of ketones is 1. The first-order valence-corrected chi connectivity index (χ1v) is 7.50. The van der Waals surface area contributed by atoms with Gasteiger partial charge < -0.3 is 5.32 Å². The predicted octanol–water partition coefficient (Wildman–Crippen LogP) is 4.71. The molecule has 0 unspecified atom stereocenters. The first-order valence-electron chi connectivity index (χ1n) is 7.50. The average Bonchev–Trinajstić information content (AvgIpc) is 2.41. The highest BCUT2D eigenvalue weighted by molar-refractivity contribution is 5.98. The first-order chi connectivity index (χ1) is 10.2. The third-order valence-electron chi connectivity index (χ3n) is 3.29. The topological polar surface area (TPSA) is 46.2 Å². The average molecular weight is 311 g/mol. The number of carbonyl (C=O) groups excluding carboxylic acids is 2. The Morgan fingerprint density at radius 1 is 1.09 bits per heavy atom. The number of anilines is 1. The quantitative estimate of drug-likeness (QED) is 0.611. The van der Waals surface area contributed by atoms with Crippen molar-refractivity contribution in [2.24, 2.45) is 5.41 Å². The molecule has 0 saturated carbocycles. The fourth-order valence-corrected chi connectivity index (χ4v) is 1.83. The van der Waals surface area contributed by atoms with Gasteiger partial charge in [-0.2, -0.15) is 0 Å². The van der Waals surface area contributed by atoms with E-state index < -0.39 is 28.6 Å². The molecule has 0 aliphatic rings. The standard InChI is InChI=1S/C17H23F2NO2/c1-5-6-7-8-14(21)11-9-12(18)15(13(19)10-11)20-16(22)17(2,3)4/h9-10H,5-8H2,1-4H3,(H,20,22). The highest BCUT2D eigenvalue weighted by Crippen LogP contribution is 2.24. The second-order valence-electron chi connectivity index (χ2n) is 6.40. The molecule has 0 fully saturated rings. The summed E-state index contributed by atoms with van der Waals surface area (Å²) in [7, 11) is 0. The van der Waals surface area contributed by atoms with Crippen LogP contribution in [0.15, 0.2) is 12.1 Å². The molecule has 0 aliphatic carbocycles. The van der Waals surface area contributed by atoms with Crippen LogP contribution in [0.2, 0.25) is 0 Å². The molecule has 1 rings (SSSR count). The first kappa shape index (κ1) is 18.3. The molecule has 0 bridgehead atoms. The van der Waals surface area contributed by atoms with Crippen LogP contribution in [0.3, 0.4) is 0 Å². The lowest BCUT2D eigenvalue weighted by atomic mass is 9.95. The maximum atomic E-state index is 14.0. The van der Waals surface area contributed by atoms with Crippen LogP contribution in [0.5, 0.6) is 0 Å². The van der Waals surface area contributed by atoms with Gasteiger partial charge in [-0.1, -0.05) is 40.5 Å². The van der Waals surface area contributed by atoms with E-state index in [4.69, 9.17) is 0 Å². The number of nitrogens with one attached hydrogen (secondary N) is 1. The van der Waals surface area contributed by atoms with E-state index >= 15 is 0 Å². The maximum Gasteiger partial charge on any atom is 0.229 e. The Morgan fingerprint density at radius 3 is 2.09 bits per heavy atom. The molecule has 22 heavy (non-hydrogen) atoms. The van der Waals surface area contributed by atoms with E-state index in [1.165, 1.54) is 0 Å². The molecule has 122 valence electrons. The molecule has 5 heteroatoms. The van der Waals surface area contributed by atoms with Crippen LogP contribution in [0.1, 0.15) is 63.7 Å². The summed E-state index contributed by atoms with van der Waals surface area (Å²) in [5, 5.41) is 2.24. The van der Waals surface area contributed by atoms with Crippen molar-refractivity contribution < 1.29 is 18.4 Å². The minimum atomic E-state index is -0.934. The molecule has 1 N–H and O–H groups in total. The number of carbonyl (C=O) groups is 2. The Balaban J connectivity index is 2.93. The van der Waals surface area contributed by atoms with Crippen LogP contribution >= 0.6 is 0 Å². The largest absolute Gasteiger partial charge is 0.321 e. The van der Waals surface area contributed by atoms with Crippen molar-refractivity contribution in [1.82, 2.24) is 0 Å². The van der Waals surface area contributed by atoms with Crippen LogP contribution in [0, 0.1) is 17.0 Å². The zero-order valence-corrected chi connectivity index (χ0v) is 13.6. The van der Waals surface area contributed by atoms with Crippen molar-refractivity contribution in [3.63, 3.8) is 0 Å². The van der Waals surface area contributed by atoms with Crippen LogP contribution in [0.25, 0.3) is 0 Å². The van der Waals surface area contributed by atoms with Crippen molar-refractivity contribution in [2.75, 3.05) is 5.32 Å². The van der Waals surface area contributed by atoms with Gasteiger partial charge >= 0.3 is 0 Å². The number of benzene rings is 1. The minimum Gasteiger partial charge on any atom is -0.321 e. The van der Waals surface area contributed by atoms with Crippen molar-refractivity contribution in [3.05, 3.63) is 29.3 Å². The molecule has 3 nitrogen and oxygen atoms in total. The van der Waals surface area contributed by atoms with Crippen LogP contribution < -0.4 is 5.32 Å². The Morgan fingerprint density at radius 2 is 1.64 bits per heavy atom. The molecule has 0 aliphatic heterocycles. The summed E-state index contributed by atoms with van der Waals surface area (Å²) in [6.07, 6.45) is 2.83. The molecule has 0 atom stereocenters. The van der Waals surface area contributed by atoms with Crippen LogP contribution in [0.4, 0.5) is 14.5 Å². The molecule has 0 spiro atoms. The molecule has 0 heterocycles. The number of Topliss-reactive ketones (excluding diaryl/α,β-unsaturated/α-hetero) is 1. The summed E-state index contributed by atoms with van der Waals surface area (Å²) in [6.45, 7) is 6.94. The van der Waals surface area contributed by atoms with Gasteiger partial charge in [0.25, 0.3) is 0 Å². The minimum absolute atomic E-state index is 0.000129. The van der Waals surface area contributed by atoms with Gasteiger partial charge in [-0.15, -0.1) is 0 Å². The van der Waals surface area contributed by atoms with Crippen molar-refractivity contribution >= 4 is 17.4 Å². The van der Waals surface area contributed by atoms with Gasteiger partial charge in [0.15, 0.2) is 5.78 Å². The van der Waals surface area contributed by atoms with E-state index in [9.17, 15) is 18.4 Å². The fourth-order valence-electron chi connectivity index (χ4n) is 1.83. The molecular weight excluding hydrogens is 288 g/mol. The van der Waals surface area contributed by atoms with Gasteiger partial charge in [-0.05, 0) is 18.6 Å². The summed E-state index contributed by atoms with van der Waals surface area (Å²) in [5.74, 6) is -2.65. The Bertz CT molecular complexity index is 539. The summed E-state index contributed by atoms with van der Waals surface area (Å²) in [5.41, 5.74) is -1.28. The van der Waals surface area contributed by atoms with Gasteiger partial charge in [0.2, 0.25) is 5.91 Å². The number of rotatable bonds is 6. The van der Waals surface area contributed by atoms with Gasteiger partial charge in [-0.25, -0.2) is 8.78 Å². The summed E-state index contributed by atoms with van der Waals surface area (Å²) in [4.78, 5) is 23.7. The van der Waals surface area contributed by atoms with Gasteiger partial charge in [0.05, 0.1) is 0 Å². The lowest BCUT2D eigenvalue weighted by molar-refractivity contribution is -0.123. The van der Waals surface area contributed by atoms with E-state index in [2.05, 4.69) is 5.32 Å². The number of hydrogen-bond donors (Lipinski definition) is 1. The van der Waals surface area contributed by atoms with E-state index in [-0.39, 0.29) is 17.8 Å². The van der Waals surface area contributed by atoms with E-state index in [0.717, 1.165) is 25.0 Å². The molecule has 1 aromatic carbocycles. The van der Waals surface area contributed by atoms with Crippen molar-refractivity contribution in [2.45, 2.75) is 53.4 Å². The Hall–Kier alpha value is -1.78. The molecule has 0 radical (unpaired) electrons. The number of hydrogen-bond acceptors (Lipinski definition) is 2. The molecule has 1 amide bonds. The van der Waals surface area contributed by atoms with Crippen LogP contribution in [-0.2, 0) is 4.79 Å². The van der Waals surface area contributed by atoms with Crippen molar-refractivity contribution in [3.8, 4) is 0 Å². The second-order valence-corrected chi connectivity index (χ2v) is 6.40. The monoisotopic (exact) mass is 311 g/mol. The highest BCUT2D eigenvalue weighted by Gasteiger charge is 2.24. The third kappa shape index (κ3) is 4.90. The molecule has 0 aromatic heterocycles. The van der Waals surface area contributed by atoms with Gasteiger partial charge in [-0.3, -0.25) is 9.59 Å². The SMILES string of the molecule is CCCCCC(=O)c1cc(F)c(NC(=O)C(C)(C)C)c(F)c1. The predicted molar refractivity (Wildman–Crippen MR) is 82.9 cm³/mol. The van der Waals surface area contributed by atoms with E-state index in [1.54, 1.807) is 20.8 Å². The lowest BCUT2D eigenvalue weighted by Crippen LogP contribution is -2.28. The van der Waals surface area contributed by atoms with Gasteiger partial charge in [0.1, 0.15) is 17.3 Å². The Kier molecular flexibility index (Phi) is 6.21. The zero-order valence-electron chi connectivity index (χ0n) is 13.6. The lowest BCUT2D eigenvalue weighted by Gasteiger charge is -2.18. The molecule has 0 saturated heterocycles.